The van der Waals surface area contributed by atoms with Gasteiger partial charge in [-0.1, -0.05) is 36.4 Å². The van der Waals surface area contributed by atoms with Gasteiger partial charge in [-0.25, -0.2) is 0 Å². The molecule has 6 heteroatoms. The Bertz CT molecular complexity index is 582. The van der Waals surface area contributed by atoms with Crippen LogP contribution in [0.15, 0.2) is 52.8 Å². The van der Waals surface area contributed by atoms with Crippen LogP contribution in [0.4, 0.5) is 0 Å². The second-order valence-electron chi connectivity index (χ2n) is 4.24. The molecule has 4 nitrogen and oxygen atoms in total. The average Bonchev–Trinajstić information content (AvgIpc) is 3.02. The fraction of sp³-hybridized carbons (Fsp3) is 0.200. The molecule has 2 rings (SSSR count). The van der Waals surface area contributed by atoms with Gasteiger partial charge < -0.3 is 5.73 Å². The molecule has 0 aliphatic heterocycles. The highest BCUT2D eigenvalue weighted by molar-refractivity contribution is 7.98. The summed E-state index contributed by atoms with van der Waals surface area (Å²) in [5.74, 6) is 1.79. The fourth-order valence-corrected chi connectivity index (χ4v) is 3.03. The maximum atomic E-state index is 11.7. The number of thioether (sulfide) groups is 1. The Morgan fingerprint density at radius 1 is 1.24 bits per heavy atom. The van der Waals surface area contributed by atoms with Crippen LogP contribution in [0.1, 0.15) is 15.2 Å². The van der Waals surface area contributed by atoms with Crippen LogP contribution in [0.5, 0.6) is 0 Å². The first-order valence-electron chi connectivity index (χ1n) is 6.52. The number of amides is 1. The molecule has 1 aromatic carbocycles. The number of nitrogens with one attached hydrogen (secondary N) is 1. The normalized spacial score (nSPS) is 11.3. The Balaban J connectivity index is 1.66. The van der Waals surface area contributed by atoms with Crippen molar-refractivity contribution in [2.75, 3.05) is 12.3 Å². The number of carbonyl (C=O) groups is 1. The van der Waals surface area contributed by atoms with Gasteiger partial charge >= 0.3 is 0 Å². The number of carbonyl (C=O) groups excluding carboxylic acids is 1. The van der Waals surface area contributed by atoms with Crippen LogP contribution in [0.25, 0.3) is 0 Å². The number of rotatable bonds is 6. The molecule has 2 aromatic rings. The minimum atomic E-state index is -0.205. The van der Waals surface area contributed by atoms with E-state index in [1.54, 1.807) is 17.8 Å². The third kappa shape index (κ3) is 5.61. The van der Waals surface area contributed by atoms with E-state index < -0.39 is 0 Å². The molecule has 1 heterocycles. The Hall–Kier alpha value is -1.79. The highest BCUT2D eigenvalue weighted by Gasteiger charge is 2.06. The largest absolute Gasteiger partial charge is 0.370 e. The van der Waals surface area contributed by atoms with Crippen molar-refractivity contribution in [1.82, 2.24) is 5.32 Å². The van der Waals surface area contributed by atoms with Crippen LogP contribution in [0, 0.1) is 0 Å². The molecular weight excluding hydrogens is 302 g/mol. The lowest BCUT2D eigenvalue weighted by Crippen LogP contribution is -2.36. The SMILES string of the molecule is NC(=NCCSCc1ccccc1)NC(=O)c1cccs1. The topological polar surface area (TPSA) is 67.5 Å². The summed E-state index contributed by atoms with van der Waals surface area (Å²) in [5, 5.41) is 4.43. The summed E-state index contributed by atoms with van der Waals surface area (Å²) >= 11 is 3.17. The summed E-state index contributed by atoms with van der Waals surface area (Å²) < 4.78 is 0. The molecule has 1 amide bonds. The molecule has 0 atom stereocenters. The molecule has 0 aliphatic rings. The standard InChI is InChI=1S/C15H17N3OS2/c16-15(18-14(19)13-7-4-9-21-13)17-8-10-20-11-12-5-2-1-3-6-12/h1-7,9H,8,10-11H2,(H3,16,17,18,19). The zero-order valence-electron chi connectivity index (χ0n) is 11.5. The molecule has 0 fully saturated rings. The molecule has 0 bridgehead atoms. The van der Waals surface area contributed by atoms with Gasteiger partial charge in [-0.05, 0) is 17.0 Å². The van der Waals surface area contributed by atoms with Gasteiger partial charge in [0.05, 0.1) is 11.4 Å². The molecule has 0 saturated carbocycles. The van der Waals surface area contributed by atoms with Crippen LogP contribution in [-0.4, -0.2) is 24.2 Å². The number of hydrogen-bond donors (Lipinski definition) is 2. The van der Waals surface area contributed by atoms with Gasteiger partial charge in [0.1, 0.15) is 0 Å². The first-order valence-corrected chi connectivity index (χ1v) is 8.55. The van der Waals surface area contributed by atoms with Gasteiger partial charge in [-0.15, -0.1) is 11.3 Å². The number of benzene rings is 1. The predicted molar refractivity (Wildman–Crippen MR) is 90.9 cm³/mol. The van der Waals surface area contributed by atoms with E-state index in [0.717, 1.165) is 11.5 Å². The lowest BCUT2D eigenvalue weighted by Gasteiger charge is -2.03. The maximum Gasteiger partial charge on any atom is 0.268 e. The van der Waals surface area contributed by atoms with Crippen LogP contribution in [0.3, 0.4) is 0 Å². The molecule has 0 unspecified atom stereocenters. The van der Waals surface area contributed by atoms with Crippen LogP contribution >= 0.6 is 23.1 Å². The number of thiophene rings is 1. The van der Waals surface area contributed by atoms with E-state index in [4.69, 9.17) is 5.73 Å². The van der Waals surface area contributed by atoms with E-state index in [9.17, 15) is 4.79 Å². The van der Waals surface area contributed by atoms with Gasteiger partial charge in [0.15, 0.2) is 5.96 Å². The number of hydrogen-bond acceptors (Lipinski definition) is 4. The van der Waals surface area contributed by atoms with Crippen molar-refractivity contribution in [3.63, 3.8) is 0 Å². The van der Waals surface area contributed by atoms with E-state index in [2.05, 4.69) is 22.4 Å². The Morgan fingerprint density at radius 2 is 2.05 bits per heavy atom. The zero-order valence-corrected chi connectivity index (χ0v) is 13.1. The third-order valence-corrected chi connectivity index (χ3v) is 4.49. The highest BCUT2D eigenvalue weighted by atomic mass is 32.2. The number of aliphatic imine (C=N–C) groups is 1. The summed E-state index contributed by atoms with van der Waals surface area (Å²) in [6.07, 6.45) is 0. The molecular formula is C15H17N3OS2. The molecule has 0 radical (unpaired) electrons. The van der Waals surface area contributed by atoms with Gasteiger partial charge in [0, 0.05) is 11.5 Å². The second kappa shape index (κ2) is 8.49. The third-order valence-electron chi connectivity index (χ3n) is 2.62. The number of nitrogens with zero attached hydrogens (tertiary/aromatic N) is 1. The first-order chi connectivity index (χ1) is 10.3. The molecule has 3 N–H and O–H groups in total. The van der Waals surface area contributed by atoms with Crippen molar-refractivity contribution in [2.45, 2.75) is 5.75 Å². The molecule has 0 aliphatic carbocycles. The minimum absolute atomic E-state index is 0.175. The molecule has 1 aromatic heterocycles. The summed E-state index contributed by atoms with van der Waals surface area (Å²) in [5.41, 5.74) is 6.98. The Labute approximate surface area is 132 Å². The quantitative estimate of drug-likeness (QED) is 0.489. The summed E-state index contributed by atoms with van der Waals surface area (Å²) in [6, 6.07) is 13.9. The summed E-state index contributed by atoms with van der Waals surface area (Å²) in [4.78, 5) is 16.5. The molecule has 0 spiro atoms. The zero-order chi connectivity index (χ0) is 14.9. The average molecular weight is 319 g/mol. The van der Waals surface area contributed by atoms with Crippen molar-refractivity contribution in [3.8, 4) is 0 Å². The minimum Gasteiger partial charge on any atom is -0.370 e. The lowest BCUT2D eigenvalue weighted by atomic mass is 10.2. The van der Waals surface area contributed by atoms with E-state index in [1.165, 1.54) is 16.9 Å². The first kappa shape index (κ1) is 15.6. The number of guanidine groups is 1. The van der Waals surface area contributed by atoms with Crippen LogP contribution < -0.4 is 11.1 Å². The van der Waals surface area contributed by atoms with Crippen molar-refractivity contribution in [2.24, 2.45) is 10.7 Å². The van der Waals surface area contributed by atoms with E-state index in [0.29, 0.717) is 11.4 Å². The van der Waals surface area contributed by atoms with Gasteiger partial charge in [0.2, 0.25) is 0 Å². The lowest BCUT2D eigenvalue weighted by molar-refractivity contribution is 0.0980. The fourth-order valence-electron chi connectivity index (χ4n) is 1.62. The number of nitrogens with two attached hydrogens (primary N) is 1. The smallest absolute Gasteiger partial charge is 0.268 e. The van der Waals surface area contributed by atoms with Crippen LogP contribution in [-0.2, 0) is 5.75 Å². The Morgan fingerprint density at radius 3 is 2.76 bits per heavy atom. The molecule has 0 saturated heterocycles. The van der Waals surface area contributed by atoms with Crippen molar-refractivity contribution >= 4 is 35.0 Å². The van der Waals surface area contributed by atoms with Gasteiger partial charge in [-0.3, -0.25) is 15.1 Å². The summed E-state index contributed by atoms with van der Waals surface area (Å²) in [6.45, 7) is 0.591. The van der Waals surface area contributed by atoms with E-state index in [-0.39, 0.29) is 11.9 Å². The highest BCUT2D eigenvalue weighted by Crippen LogP contribution is 2.11. The van der Waals surface area contributed by atoms with Gasteiger partial charge in [-0.2, -0.15) is 11.8 Å². The van der Waals surface area contributed by atoms with E-state index in [1.807, 2.05) is 29.6 Å². The monoisotopic (exact) mass is 319 g/mol. The van der Waals surface area contributed by atoms with Crippen molar-refractivity contribution in [3.05, 3.63) is 58.3 Å². The summed E-state index contributed by atoms with van der Waals surface area (Å²) in [7, 11) is 0. The maximum absolute atomic E-state index is 11.7. The second-order valence-corrected chi connectivity index (χ2v) is 6.29. The van der Waals surface area contributed by atoms with Crippen LogP contribution in [0.2, 0.25) is 0 Å². The Kier molecular flexibility index (Phi) is 6.30. The van der Waals surface area contributed by atoms with Crippen molar-refractivity contribution < 1.29 is 4.79 Å². The van der Waals surface area contributed by atoms with Crippen molar-refractivity contribution in [1.29, 1.82) is 0 Å². The van der Waals surface area contributed by atoms with E-state index >= 15 is 0 Å². The molecule has 21 heavy (non-hydrogen) atoms. The van der Waals surface area contributed by atoms with Gasteiger partial charge in [0.25, 0.3) is 5.91 Å². The predicted octanol–water partition coefficient (Wildman–Crippen LogP) is 2.73. The molecule has 110 valence electrons.